The summed E-state index contributed by atoms with van der Waals surface area (Å²) < 4.78 is 0. The molecule has 0 aliphatic carbocycles. The van der Waals surface area contributed by atoms with Gasteiger partial charge in [-0.15, -0.1) is 11.3 Å². The molecule has 0 fully saturated rings. The van der Waals surface area contributed by atoms with E-state index in [2.05, 4.69) is 19.1 Å². The Morgan fingerprint density at radius 3 is 2.29 bits per heavy atom. The summed E-state index contributed by atoms with van der Waals surface area (Å²) in [5, 5.41) is 1.36. The van der Waals surface area contributed by atoms with Crippen molar-refractivity contribution in [3.8, 4) is 0 Å². The van der Waals surface area contributed by atoms with Crippen molar-refractivity contribution >= 4 is 34.5 Å². The second kappa shape index (κ2) is 5.40. The monoisotopic (exact) mass is 285 g/mol. The van der Waals surface area contributed by atoms with Crippen LogP contribution in [0.3, 0.4) is 0 Å². The maximum Gasteiger partial charge on any atom is 0.0459 e. The van der Waals surface area contributed by atoms with Crippen LogP contribution in [0.25, 0.3) is 0 Å². The van der Waals surface area contributed by atoms with Gasteiger partial charge in [-0.1, -0.05) is 29.3 Å². The van der Waals surface area contributed by atoms with Gasteiger partial charge in [0, 0.05) is 32.3 Å². The Kier molecular flexibility index (Phi) is 4.10. The van der Waals surface area contributed by atoms with Gasteiger partial charge in [0.1, 0.15) is 0 Å². The van der Waals surface area contributed by atoms with Crippen molar-refractivity contribution < 1.29 is 0 Å². The maximum absolute atomic E-state index is 6.22. The fourth-order valence-corrected chi connectivity index (χ4v) is 3.52. The number of rotatable bonds is 3. The molecule has 1 nitrogen and oxygen atoms in total. The third-order valence-corrected chi connectivity index (χ3v) is 4.46. The van der Waals surface area contributed by atoms with E-state index in [9.17, 15) is 0 Å². The van der Waals surface area contributed by atoms with Crippen molar-refractivity contribution in [1.82, 2.24) is 0 Å². The van der Waals surface area contributed by atoms with E-state index in [4.69, 9.17) is 28.9 Å². The highest BCUT2D eigenvalue weighted by molar-refractivity contribution is 7.12. The minimum Gasteiger partial charge on any atom is -0.329 e. The van der Waals surface area contributed by atoms with Crippen LogP contribution in [0, 0.1) is 6.92 Å². The number of benzene rings is 1. The first-order valence-corrected chi connectivity index (χ1v) is 6.91. The lowest BCUT2D eigenvalue weighted by Crippen LogP contribution is -2.13. The van der Waals surface area contributed by atoms with E-state index in [1.165, 1.54) is 9.75 Å². The Labute approximate surface area is 115 Å². The molecule has 0 amide bonds. The summed E-state index contributed by atoms with van der Waals surface area (Å²) in [5.74, 6) is 0.0786. The number of nitrogens with two attached hydrogens (primary N) is 1. The molecule has 0 saturated heterocycles. The number of aryl methyl sites for hydroxylation is 1. The number of thiophene rings is 1. The van der Waals surface area contributed by atoms with E-state index >= 15 is 0 Å². The normalized spacial score (nSPS) is 12.7. The van der Waals surface area contributed by atoms with Crippen LogP contribution in [0.4, 0.5) is 0 Å². The molecule has 4 heteroatoms. The molecule has 1 aromatic carbocycles. The highest BCUT2D eigenvalue weighted by Crippen LogP contribution is 2.37. The molecule has 0 radical (unpaired) electrons. The average molecular weight is 286 g/mol. The molecular formula is C13H13Cl2NS. The standard InChI is InChI=1S/C13H13Cl2NS/c1-8-5-6-12(17-8)9(7-16)13-10(14)3-2-4-11(13)15/h2-6,9H,7,16H2,1H3. The van der Waals surface area contributed by atoms with Crippen LogP contribution >= 0.6 is 34.5 Å². The van der Waals surface area contributed by atoms with Gasteiger partial charge in [-0.3, -0.25) is 0 Å². The van der Waals surface area contributed by atoms with Gasteiger partial charge in [-0.05, 0) is 36.8 Å². The van der Waals surface area contributed by atoms with E-state index in [0.29, 0.717) is 16.6 Å². The van der Waals surface area contributed by atoms with Gasteiger partial charge in [0.25, 0.3) is 0 Å². The van der Waals surface area contributed by atoms with Gasteiger partial charge in [0.15, 0.2) is 0 Å². The lowest BCUT2D eigenvalue weighted by atomic mass is 9.97. The molecule has 17 heavy (non-hydrogen) atoms. The zero-order chi connectivity index (χ0) is 12.4. The Morgan fingerprint density at radius 2 is 1.82 bits per heavy atom. The molecular weight excluding hydrogens is 273 g/mol. The third-order valence-electron chi connectivity index (χ3n) is 2.69. The van der Waals surface area contributed by atoms with Crippen molar-refractivity contribution in [2.75, 3.05) is 6.54 Å². The topological polar surface area (TPSA) is 26.0 Å². The highest BCUT2D eigenvalue weighted by atomic mass is 35.5. The molecule has 2 aromatic rings. The quantitative estimate of drug-likeness (QED) is 0.886. The van der Waals surface area contributed by atoms with Crippen molar-refractivity contribution in [3.05, 3.63) is 55.7 Å². The van der Waals surface area contributed by atoms with Crippen LogP contribution < -0.4 is 5.73 Å². The summed E-state index contributed by atoms with van der Waals surface area (Å²) in [5.41, 5.74) is 6.80. The Bertz CT molecular complexity index is 502. The molecule has 1 aromatic heterocycles. The summed E-state index contributed by atoms with van der Waals surface area (Å²) in [6, 6.07) is 9.74. The van der Waals surface area contributed by atoms with Gasteiger partial charge < -0.3 is 5.73 Å². The lowest BCUT2D eigenvalue weighted by Gasteiger charge is -2.16. The van der Waals surface area contributed by atoms with Crippen LogP contribution in [0.5, 0.6) is 0 Å². The largest absolute Gasteiger partial charge is 0.329 e. The van der Waals surface area contributed by atoms with Crippen LogP contribution in [-0.2, 0) is 0 Å². The summed E-state index contributed by atoms with van der Waals surface area (Å²) in [6.07, 6.45) is 0. The molecule has 0 saturated carbocycles. The molecule has 2 N–H and O–H groups in total. The Balaban J connectivity index is 2.49. The van der Waals surface area contributed by atoms with E-state index in [0.717, 1.165) is 5.56 Å². The first-order chi connectivity index (χ1) is 8.13. The molecule has 1 unspecified atom stereocenters. The Hall–Kier alpha value is -0.540. The fourth-order valence-electron chi connectivity index (χ4n) is 1.86. The molecule has 2 rings (SSSR count). The van der Waals surface area contributed by atoms with Crippen LogP contribution in [-0.4, -0.2) is 6.54 Å². The number of halogens is 2. The van der Waals surface area contributed by atoms with Crippen LogP contribution in [0.15, 0.2) is 30.3 Å². The summed E-state index contributed by atoms with van der Waals surface area (Å²) in [4.78, 5) is 2.47. The van der Waals surface area contributed by atoms with Gasteiger partial charge in [-0.25, -0.2) is 0 Å². The van der Waals surface area contributed by atoms with Crippen molar-refractivity contribution in [2.45, 2.75) is 12.8 Å². The molecule has 0 aliphatic heterocycles. The van der Waals surface area contributed by atoms with E-state index in [1.54, 1.807) is 11.3 Å². The second-order valence-corrected chi connectivity index (χ2v) is 6.01. The van der Waals surface area contributed by atoms with Crippen molar-refractivity contribution in [1.29, 1.82) is 0 Å². The molecule has 90 valence electrons. The van der Waals surface area contributed by atoms with Gasteiger partial charge >= 0.3 is 0 Å². The van der Waals surface area contributed by atoms with E-state index < -0.39 is 0 Å². The van der Waals surface area contributed by atoms with Crippen molar-refractivity contribution in [3.63, 3.8) is 0 Å². The zero-order valence-corrected chi connectivity index (χ0v) is 11.7. The first-order valence-electron chi connectivity index (χ1n) is 5.33. The number of hydrogen-bond acceptors (Lipinski definition) is 2. The van der Waals surface area contributed by atoms with Crippen LogP contribution in [0.1, 0.15) is 21.2 Å². The predicted molar refractivity (Wildman–Crippen MR) is 76.4 cm³/mol. The Morgan fingerprint density at radius 1 is 1.18 bits per heavy atom. The van der Waals surface area contributed by atoms with Crippen LogP contribution in [0.2, 0.25) is 10.0 Å². The minimum absolute atomic E-state index is 0.0786. The van der Waals surface area contributed by atoms with Gasteiger partial charge in [-0.2, -0.15) is 0 Å². The average Bonchev–Trinajstić information content (AvgIpc) is 2.70. The SMILES string of the molecule is Cc1ccc(C(CN)c2c(Cl)cccc2Cl)s1. The fraction of sp³-hybridized carbons (Fsp3) is 0.231. The molecule has 1 heterocycles. The molecule has 0 bridgehead atoms. The van der Waals surface area contributed by atoms with Gasteiger partial charge in [0.2, 0.25) is 0 Å². The van der Waals surface area contributed by atoms with Crippen molar-refractivity contribution in [2.24, 2.45) is 5.73 Å². The lowest BCUT2D eigenvalue weighted by molar-refractivity contribution is 0.836. The third kappa shape index (κ3) is 2.66. The zero-order valence-electron chi connectivity index (χ0n) is 9.41. The predicted octanol–water partition coefficient (Wildman–Crippen LogP) is 4.45. The molecule has 0 spiro atoms. The van der Waals surface area contributed by atoms with E-state index in [1.807, 2.05) is 18.2 Å². The summed E-state index contributed by atoms with van der Waals surface area (Å²) in [6.45, 7) is 2.58. The summed E-state index contributed by atoms with van der Waals surface area (Å²) >= 11 is 14.2. The molecule has 0 aliphatic rings. The first kappa shape index (κ1) is 12.9. The number of hydrogen-bond donors (Lipinski definition) is 1. The van der Waals surface area contributed by atoms with E-state index in [-0.39, 0.29) is 5.92 Å². The van der Waals surface area contributed by atoms with Gasteiger partial charge in [0.05, 0.1) is 0 Å². The molecule has 1 atom stereocenters. The smallest absolute Gasteiger partial charge is 0.0459 e. The maximum atomic E-state index is 6.22. The summed E-state index contributed by atoms with van der Waals surface area (Å²) in [7, 11) is 0. The second-order valence-electron chi connectivity index (χ2n) is 3.87. The minimum atomic E-state index is 0.0786. The highest BCUT2D eigenvalue weighted by Gasteiger charge is 2.19.